The second-order valence-electron chi connectivity index (χ2n) is 4.83. The molecule has 0 amide bonds. The number of nitrogens with one attached hydrogen (secondary N) is 1. The molecular weight excluding hydrogens is 378 g/mol. The van der Waals surface area contributed by atoms with Crippen LogP contribution >= 0.6 is 27.3 Å². The zero-order chi connectivity index (χ0) is 15.9. The Balaban J connectivity index is 2.47. The summed E-state index contributed by atoms with van der Waals surface area (Å²) >= 11 is 4.41. The van der Waals surface area contributed by atoms with Crippen molar-refractivity contribution < 1.29 is 18.3 Å². The smallest absolute Gasteiger partial charge is 0.303 e. The number of hydrogen-bond donors (Lipinski definition) is 2. The molecule has 1 atom stereocenters. The third-order valence-electron chi connectivity index (χ3n) is 3.12. The van der Waals surface area contributed by atoms with E-state index in [1.165, 1.54) is 11.3 Å². The van der Waals surface area contributed by atoms with Crippen molar-refractivity contribution in [2.24, 2.45) is 5.92 Å². The predicted octanol–water partition coefficient (Wildman–Crippen LogP) is 3.46. The molecule has 1 unspecified atom stereocenters. The Morgan fingerprint density at radius 2 is 2.10 bits per heavy atom. The van der Waals surface area contributed by atoms with Crippen LogP contribution in [0.25, 0.3) is 0 Å². The summed E-state index contributed by atoms with van der Waals surface area (Å²) in [5, 5.41) is 8.72. The van der Waals surface area contributed by atoms with E-state index in [1.807, 2.05) is 6.92 Å². The molecule has 1 heterocycles. The lowest BCUT2D eigenvalue weighted by molar-refractivity contribution is -0.137. The van der Waals surface area contributed by atoms with E-state index in [9.17, 15) is 13.2 Å². The van der Waals surface area contributed by atoms with Crippen LogP contribution in [0.3, 0.4) is 0 Å². The molecule has 1 aromatic rings. The van der Waals surface area contributed by atoms with Gasteiger partial charge in [-0.15, -0.1) is 11.3 Å². The zero-order valence-electron chi connectivity index (χ0n) is 11.8. The van der Waals surface area contributed by atoms with Gasteiger partial charge in [0.05, 0.1) is 3.79 Å². The van der Waals surface area contributed by atoms with Crippen molar-refractivity contribution in [1.82, 2.24) is 4.72 Å². The lowest BCUT2D eigenvalue weighted by atomic mass is 9.95. The Morgan fingerprint density at radius 3 is 2.62 bits per heavy atom. The summed E-state index contributed by atoms with van der Waals surface area (Å²) in [6.45, 7) is 2.38. The van der Waals surface area contributed by atoms with Gasteiger partial charge in [0.1, 0.15) is 4.21 Å². The Labute approximate surface area is 137 Å². The van der Waals surface area contributed by atoms with Gasteiger partial charge in [-0.1, -0.05) is 19.8 Å². The average molecular weight is 398 g/mol. The van der Waals surface area contributed by atoms with Gasteiger partial charge in [0.15, 0.2) is 0 Å². The van der Waals surface area contributed by atoms with Gasteiger partial charge in [0.2, 0.25) is 10.0 Å². The van der Waals surface area contributed by atoms with Crippen molar-refractivity contribution in [2.45, 2.75) is 43.2 Å². The first-order valence-corrected chi connectivity index (χ1v) is 9.91. The van der Waals surface area contributed by atoms with Crippen LogP contribution < -0.4 is 4.72 Å². The molecule has 0 bridgehead atoms. The lowest BCUT2D eigenvalue weighted by Gasteiger charge is -2.15. The lowest BCUT2D eigenvalue weighted by Crippen LogP contribution is -2.25. The number of hydrogen-bond acceptors (Lipinski definition) is 4. The van der Waals surface area contributed by atoms with Crippen LogP contribution in [0.15, 0.2) is 20.1 Å². The van der Waals surface area contributed by atoms with Crippen LogP contribution in [0.2, 0.25) is 0 Å². The van der Waals surface area contributed by atoms with Crippen molar-refractivity contribution in [2.75, 3.05) is 6.54 Å². The molecule has 0 fully saturated rings. The third kappa shape index (κ3) is 6.90. The molecule has 21 heavy (non-hydrogen) atoms. The van der Waals surface area contributed by atoms with E-state index in [0.717, 1.165) is 16.6 Å². The Hall–Kier alpha value is -0.440. The average Bonchev–Trinajstić information content (AvgIpc) is 2.83. The highest BCUT2D eigenvalue weighted by Gasteiger charge is 2.17. The van der Waals surface area contributed by atoms with Crippen molar-refractivity contribution >= 4 is 43.3 Å². The molecule has 8 heteroatoms. The van der Waals surface area contributed by atoms with Gasteiger partial charge in [0.25, 0.3) is 0 Å². The maximum absolute atomic E-state index is 12.0. The van der Waals surface area contributed by atoms with Crippen molar-refractivity contribution in [1.29, 1.82) is 0 Å². The molecule has 5 nitrogen and oxygen atoms in total. The minimum atomic E-state index is -3.46. The number of rotatable bonds is 10. The topological polar surface area (TPSA) is 83.5 Å². The maximum atomic E-state index is 12.0. The molecule has 0 aliphatic carbocycles. The van der Waals surface area contributed by atoms with Gasteiger partial charge in [0, 0.05) is 13.0 Å². The van der Waals surface area contributed by atoms with Gasteiger partial charge in [-0.25, -0.2) is 13.1 Å². The number of carboxylic acids is 1. The molecule has 0 saturated carbocycles. The third-order valence-corrected chi connectivity index (χ3v) is 6.70. The highest BCUT2D eigenvalue weighted by atomic mass is 79.9. The molecule has 120 valence electrons. The van der Waals surface area contributed by atoms with Crippen LogP contribution in [0.4, 0.5) is 0 Å². The number of sulfonamides is 1. The molecule has 0 radical (unpaired) electrons. The summed E-state index contributed by atoms with van der Waals surface area (Å²) in [6.07, 6.45) is 3.27. The first-order chi connectivity index (χ1) is 9.85. The number of thiophene rings is 1. The summed E-state index contributed by atoms with van der Waals surface area (Å²) in [5.41, 5.74) is 0. The fourth-order valence-corrected chi connectivity index (χ4v) is 5.18. The second kappa shape index (κ2) is 8.87. The Kier molecular flexibility index (Phi) is 7.86. The minimum absolute atomic E-state index is 0.134. The number of carbonyl (C=O) groups is 1. The number of carboxylic acid groups (broad SMARTS) is 1. The van der Waals surface area contributed by atoms with Crippen LogP contribution in [0.1, 0.15) is 39.0 Å². The highest BCUT2D eigenvalue weighted by molar-refractivity contribution is 9.11. The van der Waals surface area contributed by atoms with E-state index in [4.69, 9.17) is 5.11 Å². The summed E-state index contributed by atoms with van der Waals surface area (Å²) < 4.78 is 27.7. The summed E-state index contributed by atoms with van der Waals surface area (Å²) in [5.74, 6) is -0.566. The second-order valence-corrected chi connectivity index (χ2v) is 9.29. The molecule has 1 aromatic heterocycles. The first kappa shape index (κ1) is 18.6. The number of aliphatic carboxylic acids is 1. The SMILES string of the molecule is CCCC(CCNS(=O)(=O)c1ccc(Br)s1)CCC(=O)O. The summed E-state index contributed by atoms with van der Waals surface area (Å²) in [4.78, 5) is 10.6. The fraction of sp³-hybridized carbons (Fsp3) is 0.615. The van der Waals surface area contributed by atoms with Crippen LogP contribution in [0, 0.1) is 5.92 Å². The monoisotopic (exact) mass is 397 g/mol. The van der Waals surface area contributed by atoms with E-state index >= 15 is 0 Å². The van der Waals surface area contributed by atoms with E-state index in [0.29, 0.717) is 19.4 Å². The van der Waals surface area contributed by atoms with E-state index in [2.05, 4.69) is 20.7 Å². The Morgan fingerprint density at radius 1 is 1.38 bits per heavy atom. The van der Waals surface area contributed by atoms with Gasteiger partial charge < -0.3 is 5.11 Å². The minimum Gasteiger partial charge on any atom is -0.481 e. The fourth-order valence-electron chi connectivity index (χ4n) is 2.08. The van der Waals surface area contributed by atoms with Crippen LogP contribution in [0.5, 0.6) is 0 Å². The predicted molar refractivity (Wildman–Crippen MR) is 87.1 cm³/mol. The number of halogens is 1. The van der Waals surface area contributed by atoms with Gasteiger partial charge in [-0.05, 0) is 46.8 Å². The van der Waals surface area contributed by atoms with Gasteiger partial charge in [-0.2, -0.15) is 0 Å². The first-order valence-electron chi connectivity index (χ1n) is 6.82. The van der Waals surface area contributed by atoms with Crippen molar-refractivity contribution in [3.05, 3.63) is 15.9 Å². The van der Waals surface area contributed by atoms with Crippen molar-refractivity contribution in [3.63, 3.8) is 0 Å². The molecule has 1 rings (SSSR count). The zero-order valence-corrected chi connectivity index (χ0v) is 15.1. The highest BCUT2D eigenvalue weighted by Crippen LogP contribution is 2.26. The molecule has 0 aliphatic rings. The summed E-state index contributed by atoms with van der Waals surface area (Å²) in [7, 11) is -3.46. The molecule has 2 N–H and O–H groups in total. The summed E-state index contributed by atoms with van der Waals surface area (Å²) in [6, 6.07) is 3.26. The molecule has 0 spiro atoms. The normalized spacial score (nSPS) is 13.2. The van der Waals surface area contributed by atoms with E-state index in [1.54, 1.807) is 12.1 Å². The van der Waals surface area contributed by atoms with Crippen LogP contribution in [-0.2, 0) is 14.8 Å². The molecule has 0 aliphatic heterocycles. The largest absolute Gasteiger partial charge is 0.481 e. The van der Waals surface area contributed by atoms with Gasteiger partial charge in [-0.3, -0.25) is 4.79 Å². The van der Waals surface area contributed by atoms with E-state index < -0.39 is 16.0 Å². The molecule has 0 aromatic carbocycles. The van der Waals surface area contributed by atoms with E-state index in [-0.39, 0.29) is 16.5 Å². The Bertz CT molecular complexity index is 556. The standard InChI is InChI=1S/C13H20BrNO4S2/c1-2-3-10(4-6-12(16)17)8-9-15-21(18,19)13-7-5-11(14)20-13/h5,7,10,15H,2-4,6,8-9H2,1H3,(H,16,17). The maximum Gasteiger partial charge on any atom is 0.303 e. The molecule has 0 saturated heterocycles. The van der Waals surface area contributed by atoms with Crippen molar-refractivity contribution in [3.8, 4) is 0 Å². The quantitative estimate of drug-likeness (QED) is 0.632. The van der Waals surface area contributed by atoms with Crippen LogP contribution in [-0.4, -0.2) is 26.0 Å². The molecular formula is C13H20BrNO4S2. The van der Waals surface area contributed by atoms with Gasteiger partial charge >= 0.3 is 5.97 Å².